The fraction of sp³-hybridized carbons (Fsp3) is 0.357. The summed E-state index contributed by atoms with van der Waals surface area (Å²) in [5.74, 6) is 0.751. The van der Waals surface area contributed by atoms with Crippen molar-refractivity contribution in [1.82, 2.24) is 4.57 Å². The molecule has 2 rings (SSSR count). The van der Waals surface area contributed by atoms with E-state index in [9.17, 15) is 5.11 Å². The molecule has 0 radical (unpaired) electrons. The summed E-state index contributed by atoms with van der Waals surface area (Å²) < 4.78 is 3.77. The summed E-state index contributed by atoms with van der Waals surface area (Å²) in [7, 11) is 3.82. The molecule has 0 spiro atoms. The monoisotopic (exact) mass is 323 g/mol. The maximum Gasteiger partial charge on any atom is 0.421 e. The molecule has 1 aromatic carbocycles. The number of aromatic nitrogens is 2. The van der Waals surface area contributed by atoms with Crippen LogP contribution in [0.2, 0.25) is 0 Å². The molecule has 0 fully saturated rings. The highest BCUT2D eigenvalue weighted by Crippen LogP contribution is 2.18. The van der Waals surface area contributed by atoms with Gasteiger partial charge in [0.25, 0.3) is 0 Å². The minimum atomic E-state index is -0.807. The Hall–Kier alpha value is -1.96. The second kappa shape index (κ2) is 7.35. The molecule has 1 aromatic heterocycles. The van der Waals surface area contributed by atoms with Crippen LogP contribution in [0.1, 0.15) is 0 Å². The maximum atomic E-state index is 9.53. The van der Waals surface area contributed by atoms with E-state index in [0.29, 0.717) is 0 Å². The molecule has 0 aliphatic heterocycles. The number of nitrogens with one attached hydrogen (secondary N) is 1. The van der Waals surface area contributed by atoms with Gasteiger partial charge in [-0.15, -0.1) is 11.6 Å². The molecule has 118 valence electrons. The predicted octanol–water partition coefficient (Wildman–Crippen LogP) is 1.56. The predicted molar refractivity (Wildman–Crippen MR) is 85.5 cm³/mol. The van der Waals surface area contributed by atoms with Crippen molar-refractivity contribution in [2.45, 2.75) is 11.6 Å². The number of nitrogens with zero attached hydrogens (tertiary/aromatic N) is 4. The van der Waals surface area contributed by atoms with Gasteiger partial charge >= 0.3 is 5.95 Å². The van der Waals surface area contributed by atoms with E-state index in [4.69, 9.17) is 17.3 Å². The summed E-state index contributed by atoms with van der Waals surface area (Å²) in [6.07, 6.45) is 3.01. The van der Waals surface area contributed by atoms with Gasteiger partial charge in [0.05, 0.1) is 26.5 Å². The number of aliphatic hydroxyl groups excluding tert-OH is 1. The van der Waals surface area contributed by atoms with Crippen LogP contribution in [-0.2, 0) is 14.1 Å². The summed E-state index contributed by atoms with van der Waals surface area (Å²) in [5.41, 5.74) is 6.18. The minimum Gasteiger partial charge on any atom is -0.388 e. The van der Waals surface area contributed by atoms with Gasteiger partial charge in [-0.05, 0) is 24.3 Å². The normalized spacial score (nSPS) is 14.2. The number of rotatable bonds is 6. The molecule has 0 saturated heterocycles. The molecular formula is C14H20ClN6O+. The largest absolute Gasteiger partial charge is 0.421 e. The van der Waals surface area contributed by atoms with Gasteiger partial charge in [-0.2, -0.15) is 0 Å². The molecule has 2 atom stereocenters. The van der Waals surface area contributed by atoms with Crippen LogP contribution in [0.15, 0.2) is 46.9 Å². The first-order valence-corrected chi connectivity index (χ1v) is 7.25. The van der Waals surface area contributed by atoms with Crippen molar-refractivity contribution >= 4 is 28.9 Å². The van der Waals surface area contributed by atoms with Crippen LogP contribution in [-0.4, -0.2) is 27.8 Å². The maximum absolute atomic E-state index is 9.53. The molecule has 1 heterocycles. The van der Waals surface area contributed by atoms with Crippen molar-refractivity contribution in [2.75, 3.05) is 11.9 Å². The molecule has 4 N–H and O–H groups in total. The number of aryl methyl sites for hydroxylation is 2. The molecule has 0 saturated carbocycles. The Morgan fingerprint density at radius 1 is 1.36 bits per heavy atom. The van der Waals surface area contributed by atoms with E-state index in [1.807, 2.05) is 59.9 Å². The topological polar surface area (TPSA) is 91.8 Å². The first-order chi connectivity index (χ1) is 10.5. The zero-order valence-corrected chi connectivity index (χ0v) is 13.3. The fourth-order valence-corrected chi connectivity index (χ4v) is 1.90. The zero-order valence-electron chi connectivity index (χ0n) is 12.5. The first kappa shape index (κ1) is 16.4. The van der Waals surface area contributed by atoms with E-state index in [0.717, 1.165) is 17.3 Å². The number of alkyl halides is 1. The summed E-state index contributed by atoms with van der Waals surface area (Å²) in [6.45, 7) is 0.282. The first-order valence-electron chi connectivity index (χ1n) is 6.81. The summed E-state index contributed by atoms with van der Waals surface area (Å²) in [4.78, 5) is 0. The molecule has 0 amide bonds. The molecule has 2 unspecified atom stereocenters. The molecule has 8 heteroatoms. The standard InChI is InChI=1S/C14H19ClN6O/c1-20-7-8-21(2)14(20)19-18-11-5-3-10(4-6-11)17-9-12(22)13(15)16/h3-8,12-13,22H,9,16H2,1-2H3/p+1. The van der Waals surface area contributed by atoms with E-state index < -0.39 is 11.6 Å². The van der Waals surface area contributed by atoms with Crippen LogP contribution in [0.4, 0.5) is 17.3 Å². The van der Waals surface area contributed by atoms with Crippen LogP contribution in [0.25, 0.3) is 0 Å². The number of imidazole rings is 1. The number of hydrogen-bond donors (Lipinski definition) is 3. The third-order valence-corrected chi connectivity index (χ3v) is 3.44. The van der Waals surface area contributed by atoms with Crippen LogP contribution in [0, 0.1) is 0 Å². The van der Waals surface area contributed by atoms with Gasteiger partial charge in [-0.3, -0.25) is 0 Å². The average Bonchev–Trinajstić information content (AvgIpc) is 2.82. The molecular weight excluding hydrogens is 304 g/mol. The van der Waals surface area contributed by atoms with Gasteiger partial charge < -0.3 is 16.2 Å². The van der Waals surface area contributed by atoms with Crippen molar-refractivity contribution in [3.05, 3.63) is 36.7 Å². The number of anilines is 1. The summed E-state index contributed by atoms with van der Waals surface area (Å²) >= 11 is 5.59. The van der Waals surface area contributed by atoms with Gasteiger partial charge in [0.15, 0.2) is 0 Å². The lowest BCUT2D eigenvalue weighted by Crippen LogP contribution is -2.34. The molecule has 0 aliphatic rings. The Bertz CT molecular complexity index is 618. The van der Waals surface area contributed by atoms with Gasteiger partial charge in [0, 0.05) is 17.3 Å². The van der Waals surface area contributed by atoms with Gasteiger partial charge in [-0.1, -0.05) is 5.11 Å². The Morgan fingerprint density at radius 3 is 2.59 bits per heavy atom. The van der Waals surface area contributed by atoms with Gasteiger partial charge in [0.2, 0.25) is 0 Å². The van der Waals surface area contributed by atoms with Crippen molar-refractivity contribution in [3.63, 3.8) is 0 Å². The minimum absolute atomic E-state index is 0.282. The van der Waals surface area contributed by atoms with Gasteiger partial charge in [-0.25, -0.2) is 9.13 Å². The lowest BCUT2D eigenvalue weighted by atomic mass is 10.2. The number of nitrogens with two attached hydrogens (primary N) is 1. The Kier molecular flexibility index (Phi) is 5.48. The highest BCUT2D eigenvalue weighted by molar-refractivity contribution is 6.20. The Balaban J connectivity index is 1.97. The Morgan fingerprint density at radius 2 is 2.05 bits per heavy atom. The lowest BCUT2D eigenvalue weighted by Gasteiger charge is -2.14. The van der Waals surface area contributed by atoms with Crippen molar-refractivity contribution in [2.24, 2.45) is 30.1 Å². The number of benzene rings is 1. The zero-order chi connectivity index (χ0) is 16.1. The Labute approximate surface area is 134 Å². The van der Waals surface area contributed by atoms with E-state index >= 15 is 0 Å². The van der Waals surface area contributed by atoms with E-state index in [1.165, 1.54) is 0 Å². The van der Waals surface area contributed by atoms with E-state index in [2.05, 4.69) is 15.5 Å². The molecule has 0 bridgehead atoms. The second-order valence-electron chi connectivity index (χ2n) is 4.96. The third kappa shape index (κ3) is 4.27. The van der Waals surface area contributed by atoms with Crippen molar-refractivity contribution < 1.29 is 9.67 Å². The average molecular weight is 324 g/mol. The van der Waals surface area contributed by atoms with Gasteiger partial charge in [0.1, 0.15) is 17.3 Å². The molecule has 22 heavy (non-hydrogen) atoms. The van der Waals surface area contributed by atoms with Crippen LogP contribution < -0.4 is 15.6 Å². The highest BCUT2D eigenvalue weighted by Gasteiger charge is 2.11. The number of aliphatic hydroxyl groups is 1. The smallest absolute Gasteiger partial charge is 0.388 e. The molecule has 7 nitrogen and oxygen atoms in total. The second-order valence-corrected chi connectivity index (χ2v) is 5.46. The van der Waals surface area contributed by atoms with Crippen LogP contribution >= 0.6 is 11.6 Å². The SMILES string of the molecule is Cn1cc[n+](C)c1N=Nc1ccc(NCC(O)C(N)Cl)cc1. The molecule has 2 aromatic rings. The van der Waals surface area contributed by atoms with Crippen molar-refractivity contribution in [3.8, 4) is 0 Å². The number of hydrogen-bond acceptors (Lipinski definition) is 5. The quantitative estimate of drug-likeness (QED) is 0.326. The highest BCUT2D eigenvalue weighted by atomic mass is 35.5. The van der Waals surface area contributed by atoms with E-state index in [-0.39, 0.29) is 6.54 Å². The fourth-order valence-electron chi connectivity index (χ4n) is 1.81. The number of halogens is 1. The van der Waals surface area contributed by atoms with Crippen molar-refractivity contribution in [1.29, 1.82) is 0 Å². The lowest BCUT2D eigenvalue weighted by molar-refractivity contribution is -0.657. The number of azo groups is 1. The summed E-state index contributed by atoms with van der Waals surface area (Å²) in [6, 6.07) is 7.38. The van der Waals surface area contributed by atoms with Crippen LogP contribution in [0.5, 0.6) is 0 Å². The van der Waals surface area contributed by atoms with Crippen LogP contribution in [0.3, 0.4) is 0 Å². The summed E-state index contributed by atoms with van der Waals surface area (Å²) in [5, 5.41) is 21.0. The molecule has 0 aliphatic carbocycles. The van der Waals surface area contributed by atoms with E-state index in [1.54, 1.807) is 0 Å². The third-order valence-electron chi connectivity index (χ3n) is 3.15.